The summed E-state index contributed by atoms with van der Waals surface area (Å²) >= 11 is 0. The zero-order valence-electron chi connectivity index (χ0n) is 16.1. The van der Waals surface area contributed by atoms with E-state index in [0.717, 1.165) is 19.6 Å². The quantitative estimate of drug-likeness (QED) is 0.837. The molecule has 2 heterocycles. The third kappa shape index (κ3) is 6.60. The Morgan fingerprint density at radius 1 is 1.17 bits per heavy atom. The second-order valence-corrected chi connectivity index (χ2v) is 6.89. The molecule has 0 bridgehead atoms. The number of carboxylic acid groups (broad SMARTS) is 1. The highest BCUT2D eigenvalue weighted by atomic mass is 19.4. The van der Waals surface area contributed by atoms with Crippen LogP contribution in [-0.4, -0.2) is 63.4 Å². The first-order valence-electron chi connectivity index (χ1n) is 8.86. The number of aromatic nitrogens is 2. The minimum Gasteiger partial charge on any atom is -0.475 e. The fourth-order valence-electron chi connectivity index (χ4n) is 3.01. The number of carbonyl (C=O) groups is 2. The molecule has 1 atom stereocenters. The van der Waals surface area contributed by atoms with E-state index in [-0.39, 0.29) is 11.8 Å². The maximum atomic E-state index is 12.4. The zero-order valence-corrected chi connectivity index (χ0v) is 16.1. The summed E-state index contributed by atoms with van der Waals surface area (Å²) in [6, 6.07) is 12.4. The Bertz CT molecular complexity index is 822. The molecule has 29 heavy (non-hydrogen) atoms. The highest BCUT2D eigenvalue weighted by Gasteiger charge is 2.38. The van der Waals surface area contributed by atoms with Gasteiger partial charge in [0.1, 0.15) is 0 Å². The third-order valence-corrected chi connectivity index (χ3v) is 4.34. The molecule has 10 heteroatoms. The number of hydrogen-bond donors (Lipinski definition) is 1. The molecule has 1 unspecified atom stereocenters. The summed E-state index contributed by atoms with van der Waals surface area (Å²) < 4.78 is 33.7. The molecular weight excluding hydrogens is 389 g/mol. The van der Waals surface area contributed by atoms with Crippen LogP contribution in [0.5, 0.6) is 0 Å². The SMILES string of the molecule is CN(C)C(=O)C1CN(Cc2ccccc2)Cc2ccnn2C1.O=C(O)C(F)(F)F. The molecule has 1 N–H and O–H groups in total. The maximum absolute atomic E-state index is 12.4. The monoisotopic (exact) mass is 412 g/mol. The standard InChI is InChI=1S/C17H22N4O.C2HF3O2/c1-19(2)17(22)15-11-20(10-14-6-4-3-5-7-14)13-16-8-9-18-21(16)12-15;3-2(4,5)1(6)7/h3-9,15H,10-13H2,1-2H3;(H,6,7). The summed E-state index contributed by atoms with van der Waals surface area (Å²) in [5, 5.41) is 11.5. The lowest BCUT2D eigenvalue weighted by molar-refractivity contribution is -0.192. The lowest BCUT2D eigenvalue weighted by Crippen LogP contribution is -2.38. The molecule has 1 aromatic heterocycles. The van der Waals surface area contributed by atoms with Crippen molar-refractivity contribution in [2.45, 2.75) is 25.8 Å². The van der Waals surface area contributed by atoms with E-state index in [1.165, 1.54) is 11.3 Å². The number of amides is 1. The second kappa shape index (κ2) is 9.55. The number of aliphatic carboxylic acids is 1. The number of fused-ring (bicyclic) bond motifs is 1. The predicted octanol–water partition coefficient (Wildman–Crippen LogP) is 2.24. The lowest BCUT2D eigenvalue weighted by Gasteiger charge is -2.25. The van der Waals surface area contributed by atoms with E-state index in [4.69, 9.17) is 9.90 Å². The van der Waals surface area contributed by atoms with Crippen LogP contribution in [0, 0.1) is 5.92 Å². The predicted molar refractivity (Wildman–Crippen MR) is 98.7 cm³/mol. The van der Waals surface area contributed by atoms with Crippen LogP contribution in [0.15, 0.2) is 42.6 Å². The van der Waals surface area contributed by atoms with Crippen LogP contribution < -0.4 is 0 Å². The van der Waals surface area contributed by atoms with Crippen LogP contribution >= 0.6 is 0 Å². The topological polar surface area (TPSA) is 78.7 Å². The van der Waals surface area contributed by atoms with Gasteiger partial charge in [-0.3, -0.25) is 14.4 Å². The Kier molecular flexibility index (Phi) is 7.38. The summed E-state index contributed by atoms with van der Waals surface area (Å²) in [6.45, 7) is 3.09. The number of rotatable bonds is 3. The van der Waals surface area contributed by atoms with Gasteiger partial charge in [0.25, 0.3) is 0 Å². The number of nitrogens with zero attached hydrogens (tertiary/aromatic N) is 4. The van der Waals surface area contributed by atoms with Gasteiger partial charge < -0.3 is 10.0 Å². The van der Waals surface area contributed by atoms with Gasteiger partial charge >= 0.3 is 12.1 Å². The smallest absolute Gasteiger partial charge is 0.475 e. The molecule has 2 aromatic rings. The molecule has 0 fully saturated rings. The number of halogens is 3. The minimum atomic E-state index is -5.08. The summed E-state index contributed by atoms with van der Waals surface area (Å²) in [4.78, 5) is 25.3. The number of hydrogen-bond acceptors (Lipinski definition) is 4. The van der Waals surface area contributed by atoms with Crippen LogP contribution in [0.4, 0.5) is 13.2 Å². The van der Waals surface area contributed by atoms with Gasteiger partial charge in [-0.15, -0.1) is 0 Å². The first-order chi connectivity index (χ1) is 13.6. The van der Waals surface area contributed by atoms with Crippen molar-refractivity contribution in [1.82, 2.24) is 19.6 Å². The Balaban J connectivity index is 0.000000370. The highest BCUT2D eigenvalue weighted by Crippen LogP contribution is 2.19. The molecule has 0 aliphatic carbocycles. The van der Waals surface area contributed by atoms with Crippen molar-refractivity contribution in [2.75, 3.05) is 20.6 Å². The fourth-order valence-corrected chi connectivity index (χ4v) is 3.01. The molecule has 1 aliphatic heterocycles. The number of benzene rings is 1. The van der Waals surface area contributed by atoms with Crippen LogP contribution in [0.1, 0.15) is 11.3 Å². The van der Waals surface area contributed by atoms with Gasteiger partial charge in [0, 0.05) is 39.9 Å². The van der Waals surface area contributed by atoms with Crippen molar-refractivity contribution in [3.63, 3.8) is 0 Å². The fraction of sp³-hybridized carbons (Fsp3) is 0.421. The van der Waals surface area contributed by atoms with Crippen molar-refractivity contribution in [1.29, 1.82) is 0 Å². The van der Waals surface area contributed by atoms with Gasteiger partial charge in [0.15, 0.2) is 0 Å². The van der Waals surface area contributed by atoms with E-state index in [2.05, 4.69) is 34.3 Å². The maximum Gasteiger partial charge on any atom is 0.490 e. The van der Waals surface area contributed by atoms with Crippen LogP contribution in [0.25, 0.3) is 0 Å². The molecule has 0 radical (unpaired) electrons. The second-order valence-electron chi connectivity index (χ2n) is 6.89. The van der Waals surface area contributed by atoms with Crippen LogP contribution in [0.3, 0.4) is 0 Å². The van der Waals surface area contributed by atoms with E-state index in [0.29, 0.717) is 6.54 Å². The van der Waals surface area contributed by atoms with Crippen LogP contribution in [-0.2, 0) is 29.2 Å². The van der Waals surface area contributed by atoms with Gasteiger partial charge in [-0.25, -0.2) is 4.79 Å². The molecular formula is C19H23F3N4O3. The first kappa shape index (κ1) is 22.4. The van der Waals surface area contributed by atoms with E-state index in [9.17, 15) is 18.0 Å². The summed E-state index contributed by atoms with van der Waals surface area (Å²) in [5.74, 6) is -2.64. The van der Waals surface area contributed by atoms with Gasteiger partial charge in [-0.1, -0.05) is 30.3 Å². The Morgan fingerprint density at radius 3 is 2.34 bits per heavy atom. The van der Waals surface area contributed by atoms with E-state index < -0.39 is 12.1 Å². The lowest BCUT2D eigenvalue weighted by atomic mass is 10.1. The van der Waals surface area contributed by atoms with Crippen molar-refractivity contribution in [2.24, 2.45) is 5.92 Å². The van der Waals surface area contributed by atoms with Crippen molar-refractivity contribution in [3.05, 3.63) is 53.9 Å². The summed E-state index contributed by atoms with van der Waals surface area (Å²) in [5.41, 5.74) is 2.44. The van der Waals surface area contributed by atoms with Crippen molar-refractivity contribution >= 4 is 11.9 Å². The average molecular weight is 412 g/mol. The van der Waals surface area contributed by atoms with E-state index in [1.54, 1.807) is 4.90 Å². The van der Waals surface area contributed by atoms with Gasteiger partial charge in [-0.2, -0.15) is 18.3 Å². The summed E-state index contributed by atoms with van der Waals surface area (Å²) in [7, 11) is 3.64. The van der Waals surface area contributed by atoms with Gasteiger partial charge in [-0.05, 0) is 11.6 Å². The zero-order chi connectivity index (χ0) is 21.6. The molecule has 3 rings (SSSR count). The first-order valence-corrected chi connectivity index (χ1v) is 8.86. The molecule has 0 saturated carbocycles. The van der Waals surface area contributed by atoms with E-state index >= 15 is 0 Å². The number of carboxylic acids is 1. The van der Waals surface area contributed by atoms with Crippen LogP contribution in [0.2, 0.25) is 0 Å². The largest absolute Gasteiger partial charge is 0.490 e. The van der Waals surface area contributed by atoms with Gasteiger partial charge in [0.2, 0.25) is 5.91 Å². The molecule has 1 aliphatic rings. The highest BCUT2D eigenvalue weighted by molar-refractivity contribution is 5.78. The number of alkyl halides is 3. The van der Waals surface area contributed by atoms with Crippen molar-refractivity contribution in [3.8, 4) is 0 Å². The normalized spacial score (nSPS) is 16.8. The third-order valence-electron chi connectivity index (χ3n) is 4.34. The Hall–Kier alpha value is -2.88. The molecule has 1 aromatic carbocycles. The minimum absolute atomic E-state index is 0.0557. The summed E-state index contributed by atoms with van der Waals surface area (Å²) in [6.07, 6.45) is -3.27. The van der Waals surface area contributed by atoms with Crippen molar-refractivity contribution < 1.29 is 27.9 Å². The van der Waals surface area contributed by atoms with Gasteiger partial charge in [0.05, 0.1) is 18.2 Å². The van der Waals surface area contributed by atoms with E-state index in [1.807, 2.05) is 37.1 Å². The Labute approximate surface area is 166 Å². The number of carbonyl (C=O) groups excluding carboxylic acids is 1. The molecule has 1 amide bonds. The molecule has 7 nitrogen and oxygen atoms in total. The Morgan fingerprint density at radius 2 is 1.79 bits per heavy atom. The molecule has 158 valence electrons. The molecule has 0 saturated heterocycles. The average Bonchev–Trinajstić information content (AvgIpc) is 3.00. The molecule has 0 spiro atoms.